The maximum absolute atomic E-state index is 13.7. The molecule has 0 radical (unpaired) electrons. The minimum Gasteiger partial charge on any atom is -0.444 e. The summed E-state index contributed by atoms with van der Waals surface area (Å²) in [5.41, 5.74) is 1.31. The van der Waals surface area contributed by atoms with E-state index in [0.717, 1.165) is 5.57 Å². The third-order valence-corrected chi connectivity index (χ3v) is 4.25. The average Bonchev–Trinajstić information content (AvgIpc) is 2.51. The molecule has 0 N–H and O–H groups in total. The smallest absolute Gasteiger partial charge is 0.411 e. The van der Waals surface area contributed by atoms with Crippen molar-refractivity contribution in [2.45, 2.75) is 44.9 Å². The van der Waals surface area contributed by atoms with Gasteiger partial charge < -0.3 is 9.47 Å². The number of nitriles is 1. The summed E-state index contributed by atoms with van der Waals surface area (Å²) in [5.74, 6) is -0.383. The van der Waals surface area contributed by atoms with E-state index >= 15 is 0 Å². The second-order valence-electron chi connectivity index (χ2n) is 7.34. The highest BCUT2D eigenvalue weighted by Crippen LogP contribution is 2.35. The largest absolute Gasteiger partial charge is 0.444 e. The van der Waals surface area contributed by atoms with Crippen LogP contribution in [0.2, 0.25) is 0 Å². The molecule has 2 atom stereocenters. The van der Waals surface area contributed by atoms with E-state index in [4.69, 9.17) is 9.47 Å². The Morgan fingerprint density at radius 2 is 2.16 bits per heavy atom. The number of hydrogen-bond donors (Lipinski definition) is 0. The summed E-state index contributed by atoms with van der Waals surface area (Å²) < 4.78 is 24.8. The Morgan fingerprint density at radius 1 is 1.40 bits per heavy atom. The molecular weight excluding hydrogens is 323 g/mol. The lowest BCUT2D eigenvalue weighted by Crippen LogP contribution is -2.57. The molecule has 5 nitrogen and oxygen atoms in total. The molecule has 2 aliphatic heterocycles. The number of carbonyl (C=O) groups excluding carboxylic acids is 1. The Labute approximate surface area is 146 Å². The minimum atomic E-state index is -0.577. The molecule has 1 amide bonds. The molecule has 0 aromatic heterocycles. The third-order valence-electron chi connectivity index (χ3n) is 4.25. The topological polar surface area (TPSA) is 62.6 Å². The van der Waals surface area contributed by atoms with Crippen LogP contribution >= 0.6 is 0 Å². The van der Waals surface area contributed by atoms with Gasteiger partial charge in [0.1, 0.15) is 11.4 Å². The zero-order valence-electron chi connectivity index (χ0n) is 14.6. The first-order valence-corrected chi connectivity index (χ1v) is 8.28. The molecule has 0 saturated carbocycles. The van der Waals surface area contributed by atoms with E-state index in [0.29, 0.717) is 30.8 Å². The molecule has 132 valence electrons. The van der Waals surface area contributed by atoms with Gasteiger partial charge >= 0.3 is 6.09 Å². The first kappa shape index (κ1) is 17.4. The molecule has 3 rings (SSSR count). The van der Waals surface area contributed by atoms with Crippen molar-refractivity contribution >= 4 is 11.7 Å². The quantitative estimate of drug-likeness (QED) is 0.782. The highest BCUT2D eigenvalue weighted by Gasteiger charge is 2.40. The Balaban J connectivity index is 1.93. The molecule has 2 bridgehead atoms. The van der Waals surface area contributed by atoms with Gasteiger partial charge in [0.2, 0.25) is 0 Å². The van der Waals surface area contributed by atoms with E-state index in [9.17, 15) is 14.4 Å². The molecule has 6 heteroatoms. The number of halogens is 1. The molecule has 0 aliphatic carbocycles. The Morgan fingerprint density at radius 3 is 2.80 bits per heavy atom. The molecule has 2 unspecified atom stereocenters. The number of benzene rings is 1. The summed E-state index contributed by atoms with van der Waals surface area (Å²) >= 11 is 0. The predicted octanol–water partition coefficient (Wildman–Crippen LogP) is 3.49. The SMILES string of the molecule is CC(C)(C)OC(=O)N1C2C=C(c3cc(F)ccc3C#N)CC1COC2. The number of carbonyl (C=O) groups is 1. The highest BCUT2D eigenvalue weighted by atomic mass is 19.1. The monoisotopic (exact) mass is 344 g/mol. The van der Waals surface area contributed by atoms with Crippen molar-refractivity contribution in [2.75, 3.05) is 13.2 Å². The second-order valence-corrected chi connectivity index (χ2v) is 7.34. The lowest BCUT2D eigenvalue weighted by Gasteiger charge is -2.44. The van der Waals surface area contributed by atoms with Crippen molar-refractivity contribution in [3.8, 4) is 6.07 Å². The molecule has 0 spiro atoms. The molecule has 1 fully saturated rings. The van der Waals surface area contributed by atoms with Crippen LogP contribution in [-0.4, -0.2) is 41.9 Å². The van der Waals surface area contributed by atoms with Gasteiger partial charge in [-0.1, -0.05) is 6.08 Å². The summed E-state index contributed by atoms with van der Waals surface area (Å²) in [4.78, 5) is 14.3. The van der Waals surface area contributed by atoms with Crippen LogP contribution in [0.4, 0.5) is 9.18 Å². The number of morpholine rings is 1. The van der Waals surface area contributed by atoms with Crippen molar-refractivity contribution in [1.29, 1.82) is 5.26 Å². The van der Waals surface area contributed by atoms with E-state index in [1.54, 1.807) is 4.90 Å². The molecule has 1 aromatic rings. The van der Waals surface area contributed by atoms with Gasteiger partial charge in [-0.05, 0) is 56.5 Å². The Bertz CT molecular complexity index is 761. The lowest BCUT2D eigenvalue weighted by molar-refractivity contribution is -0.0510. The summed E-state index contributed by atoms with van der Waals surface area (Å²) in [6.07, 6.45) is 2.00. The van der Waals surface area contributed by atoms with E-state index in [-0.39, 0.29) is 24.0 Å². The highest BCUT2D eigenvalue weighted by molar-refractivity contribution is 5.76. The van der Waals surface area contributed by atoms with E-state index in [2.05, 4.69) is 6.07 Å². The summed E-state index contributed by atoms with van der Waals surface area (Å²) in [6.45, 7) is 6.23. The second kappa shape index (κ2) is 6.49. The minimum absolute atomic E-state index is 0.191. The van der Waals surface area contributed by atoms with Crippen LogP contribution in [-0.2, 0) is 9.47 Å². The summed E-state index contributed by atoms with van der Waals surface area (Å²) in [5, 5.41) is 9.30. The predicted molar refractivity (Wildman–Crippen MR) is 90.2 cm³/mol. The first-order chi connectivity index (χ1) is 11.8. The molecule has 1 aromatic carbocycles. The van der Waals surface area contributed by atoms with Gasteiger partial charge in [-0.2, -0.15) is 5.26 Å². The zero-order valence-corrected chi connectivity index (χ0v) is 14.6. The van der Waals surface area contributed by atoms with Gasteiger partial charge in [0.25, 0.3) is 0 Å². The van der Waals surface area contributed by atoms with Crippen molar-refractivity contribution in [3.05, 3.63) is 41.2 Å². The van der Waals surface area contributed by atoms with Crippen LogP contribution in [0.3, 0.4) is 0 Å². The lowest BCUT2D eigenvalue weighted by atomic mass is 9.88. The number of nitrogens with zero attached hydrogens (tertiary/aromatic N) is 2. The number of hydrogen-bond acceptors (Lipinski definition) is 4. The molecule has 1 saturated heterocycles. The van der Waals surface area contributed by atoms with Crippen LogP contribution in [0.1, 0.15) is 38.3 Å². The molecule has 2 heterocycles. The number of ether oxygens (including phenoxy) is 2. The first-order valence-electron chi connectivity index (χ1n) is 8.28. The standard InChI is InChI=1S/C19H21FN2O3/c1-19(2,3)25-18(23)22-15-6-13(7-16(22)11-24-10-15)17-8-14(20)5-4-12(17)9-21/h4-6,8,15-16H,7,10-11H2,1-3H3. The fraction of sp³-hybridized carbons (Fsp3) is 0.474. The Hall–Kier alpha value is -2.39. The van der Waals surface area contributed by atoms with E-state index in [1.165, 1.54) is 18.2 Å². The average molecular weight is 344 g/mol. The van der Waals surface area contributed by atoms with Gasteiger partial charge in [0.05, 0.1) is 36.9 Å². The summed E-state index contributed by atoms with van der Waals surface area (Å²) in [7, 11) is 0. The van der Waals surface area contributed by atoms with Crippen LogP contribution in [0.5, 0.6) is 0 Å². The maximum Gasteiger partial charge on any atom is 0.411 e. The van der Waals surface area contributed by atoms with E-state index < -0.39 is 5.60 Å². The van der Waals surface area contributed by atoms with Gasteiger partial charge in [-0.15, -0.1) is 0 Å². The molecule has 25 heavy (non-hydrogen) atoms. The third kappa shape index (κ3) is 3.67. The van der Waals surface area contributed by atoms with E-state index in [1.807, 2.05) is 26.8 Å². The van der Waals surface area contributed by atoms with Crippen molar-refractivity contribution in [2.24, 2.45) is 0 Å². The van der Waals surface area contributed by atoms with Crippen LogP contribution in [0.25, 0.3) is 5.57 Å². The van der Waals surface area contributed by atoms with Crippen LogP contribution in [0, 0.1) is 17.1 Å². The number of rotatable bonds is 1. The number of fused-ring (bicyclic) bond motifs is 2. The van der Waals surface area contributed by atoms with Gasteiger partial charge in [0, 0.05) is 0 Å². The summed E-state index contributed by atoms with van der Waals surface area (Å²) in [6, 6.07) is 5.77. The van der Waals surface area contributed by atoms with Crippen LogP contribution < -0.4 is 0 Å². The molecular formula is C19H21FN2O3. The van der Waals surface area contributed by atoms with Gasteiger partial charge in [0.15, 0.2) is 0 Å². The van der Waals surface area contributed by atoms with Crippen LogP contribution in [0.15, 0.2) is 24.3 Å². The van der Waals surface area contributed by atoms with Crippen molar-refractivity contribution in [1.82, 2.24) is 4.90 Å². The zero-order chi connectivity index (χ0) is 18.2. The number of amides is 1. The maximum atomic E-state index is 13.7. The van der Waals surface area contributed by atoms with Crippen molar-refractivity contribution < 1.29 is 18.7 Å². The fourth-order valence-electron chi connectivity index (χ4n) is 3.27. The van der Waals surface area contributed by atoms with Gasteiger partial charge in [-0.3, -0.25) is 4.90 Å². The van der Waals surface area contributed by atoms with Crippen molar-refractivity contribution in [3.63, 3.8) is 0 Å². The Kier molecular flexibility index (Phi) is 4.53. The van der Waals surface area contributed by atoms with Gasteiger partial charge in [-0.25, -0.2) is 9.18 Å². The normalized spacial score (nSPS) is 22.8. The molecule has 2 aliphatic rings. The fourth-order valence-corrected chi connectivity index (χ4v) is 3.27.